The number of aromatic nitrogens is 2. The molecule has 2 aromatic heterocycles. The molecule has 2 aromatic carbocycles. The number of amides is 1. The molecule has 0 aliphatic carbocycles. The Labute approximate surface area is 203 Å². The standard InChI is InChI=1S/C24H17N5O5S/c1-2-33-17-8-10-19(20(13-17)29(31)32)21-11-9-18(34-21)12-16(14-25)22(30)26-24-28-27-23(35-24)15-6-4-3-5-7-15/h3-13H,2H2,1H3,(H,26,28,30). The normalized spacial score (nSPS) is 11.0. The maximum atomic E-state index is 12.6. The molecule has 1 amide bonds. The van der Waals surface area contributed by atoms with Gasteiger partial charge < -0.3 is 9.15 Å². The lowest BCUT2D eigenvalue weighted by molar-refractivity contribution is -0.384. The molecule has 0 radical (unpaired) electrons. The van der Waals surface area contributed by atoms with Crippen LogP contribution in [0.2, 0.25) is 0 Å². The van der Waals surface area contributed by atoms with E-state index >= 15 is 0 Å². The first kappa shape index (κ1) is 23.3. The minimum absolute atomic E-state index is 0.178. The first-order valence-corrected chi connectivity index (χ1v) is 11.1. The van der Waals surface area contributed by atoms with Gasteiger partial charge in [0.2, 0.25) is 5.13 Å². The zero-order valence-corrected chi connectivity index (χ0v) is 19.1. The molecular weight excluding hydrogens is 470 g/mol. The SMILES string of the molecule is CCOc1ccc(-c2ccc(C=C(C#N)C(=O)Nc3nnc(-c4ccccc4)s3)o2)c([N+](=O)[O-])c1. The summed E-state index contributed by atoms with van der Waals surface area (Å²) in [6, 6.07) is 18.7. The van der Waals surface area contributed by atoms with Gasteiger partial charge in [-0.1, -0.05) is 41.7 Å². The second-order valence-corrected chi connectivity index (χ2v) is 7.95. The van der Waals surface area contributed by atoms with Gasteiger partial charge in [0.1, 0.15) is 33.9 Å². The van der Waals surface area contributed by atoms with Crippen LogP contribution in [0.1, 0.15) is 12.7 Å². The molecule has 1 N–H and O–H groups in total. The molecule has 0 saturated carbocycles. The predicted molar refractivity (Wildman–Crippen MR) is 130 cm³/mol. The Kier molecular flexibility index (Phi) is 6.94. The van der Waals surface area contributed by atoms with Crippen LogP contribution in [-0.4, -0.2) is 27.6 Å². The Morgan fingerprint density at radius 1 is 1.23 bits per heavy atom. The van der Waals surface area contributed by atoms with Crippen LogP contribution in [0, 0.1) is 21.4 Å². The summed E-state index contributed by atoms with van der Waals surface area (Å²) in [6.45, 7) is 2.15. The van der Waals surface area contributed by atoms with Crippen LogP contribution in [-0.2, 0) is 4.79 Å². The van der Waals surface area contributed by atoms with E-state index in [0.29, 0.717) is 17.4 Å². The van der Waals surface area contributed by atoms with Crippen molar-refractivity contribution < 1.29 is 18.9 Å². The quantitative estimate of drug-likeness (QED) is 0.152. The molecule has 0 bridgehead atoms. The monoisotopic (exact) mass is 487 g/mol. The van der Waals surface area contributed by atoms with Crippen molar-refractivity contribution in [2.75, 3.05) is 11.9 Å². The van der Waals surface area contributed by atoms with Gasteiger partial charge >= 0.3 is 0 Å². The fraction of sp³-hybridized carbons (Fsp3) is 0.0833. The lowest BCUT2D eigenvalue weighted by Crippen LogP contribution is -2.13. The van der Waals surface area contributed by atoms with Crippen molar-refractivity contribution in [2.24, 2.45) is 0 Å². The number of nitrogens with one attached hydrogen (secondary N) is 1. The van der Waals surface area contributed by atoms with Crippen molar-refractivity contribution in [2.45, 2.75) is 6.92 Å². The molecule has 0 saturated heterocycles. The molecule has 0 aliphatic rings. The second kappa shape index (κ2) is 10.4. The van der Waals surface area contributed by atoms with Gasteiger partial charge in [-0.25, -0.2) is 0 Å². The van der Waals surface area contributed by atoms with E-state index in [1.807, 2.05) is 36.4 Å². The number of hydrogen-bond acceptors (Lipinski definition) is 9. The first-order valence-electron chi connectivity index (χ1n) is 10.3. The predicted octanol–water partition coefficient (Wildman–Crippen LogP) is 5.32. The highest BCUT2D eigenvalue weighted by molar-refractivity contribution is 7.18. The van der Waals surface area contributed by atoms with Gasteiger partial charge in [-0.2, -0.15) is 5.26 Å². The topological polar surface area (TPSA) is 144 Å². The number of rotatable bonds is 8. The number of carbonyl (C=O) groups is 1. The molecule has 174 valence electrons. The number of nitriles is 1. The molecular formula is C24H17N5O5S. The van der Waals surface area contributed by atoms with Gasteiger partial charge in [0.05, 0.1) is 23.2 Å². The molecule has 11 heteroatoms. The third kappa shape index (κ3) is 5.40. The summed E-state index contributed by atoms with van der Waals surface area (Å²) in [5.74, 6) is 0.0656. The minimum Gasteiger partial charge on any atom is -0.494 e. The van der Waals surface area contributed by atoms with Gasteiger partial charge in [0, 0.05) is 11.6 Å². The summed E-state index contributed by atoms with van der Waals surface area (Å²) in [5.41, 5.74) is 0.671. The van der Waals surface area contributed by atoms with E-state index in [0.717, 1.165) is 5.56 Å². The number of furan rings is 1. The Bertz CT molecular complexity index is 1450. The number of ether oxygens (including phenoxy) is 1. The first-order chi connectivity index (χ1) is 17.0. The summed E-state index contributed by atoms with van der Waals surface area (Å²) in [7, 11) is 0. The number of carbonyl (C=O) groups excluding carboxylic acids is 1. The molecule has 0 fully saturated rings. The zero-order chi connectivity index (χ0) is 24.8. The van der Waals surface area contributed by atoms with Crippen LogP contribution in [0.5, 0.6) is 5.75 Å². The Morgan fingerprint density at radius 3 is 2.74 bits per heavy atom. The molecule has 4 aromatic rings. The molecule has 0 aliphatic heterocycles. The van der Waals surface area contributed by atoms with Crippen molar-refractivity contribution in [3.05, 3.63) is 82.1 Å². The maximum Gasteiger partial charge on any atom is 0.284 e. The molecule has 0 spiro atoms. The highest BCUT2D eigenvalue weighted by Crippen LogP contribution is 2.34. The van der Waals surface area contributed by atoms with Gasteiger partial charge in [0.25, 0.3) is 11.6 Å². The van der Waals surface area contributed by atoms with Crippen molar-refractivity contribution >= 4 is 34.1 Å². The third-order valence-corrected chi connectivity index (χ3v) is 5.57. The summed E-state index contributed by atoms with van der Waals surface area (Å²) < 4.78 is 11.0. The van der Waals surface area contributed by atoms with Crippen LogP contribution in [0.25, 0.3) is 28.0 Å². The number of anilines is 1. The summed E-state index contributed by atoms with van der Waals surface area (Å²) in [6.07, 6.45) is 1.25. The molecule has 35 heavy (non-hydrogen) atoms. The van der Waals surface area contributed by atoms with Crippen LogP contribution in [0.3, 0.4) is 0 Å². The second-order valence-electron chi connectivity index (χ2n) is 6.97. The van der Waals surface area contributed by atoms with Crippen LogP contribution >= 0.6 is 11.3 Å². The van der Waals surface area contributed by atoms with Gasteiger partial charge in [0.15, 0.2) is 0 Å². The smallest absolute Gasteiger partial charge is 0.284 e. The molecule has 2 heterocycles. The van der Waals surface area contributed by atoms with E-state index in [4.69, 9.17) is 9.15 Å². The van der Waals surface area contributed by atoms with E-state index in [-0.39, 0.29) is 33.5 Å². The van der Waals surface area contributed by atoms with Crippen LogP contribution in [0.4, 0.5) is 10.8 Å². The lowest BCUT2D eigenvalue weighted by Gasteiger charge is -2.05. The van der Waals surface area contributed by atoms with E-state index in [1.165, 1.54) is 41.7 Å². The lowest BCUT2D eigenvalue weighted by atomic mass is 10.1. The Hall–Kier alpha value is -4.82. The Morgan fingerprint density at radius 2 is 2.03 bits per heavy atom. The average Bonchev–Trinajstić information content (AvgIpc) is 3.53. The fourth-order valence-electron chi connectivity index (χ4n) is 3.13. The molecule has 4 rings (SSSR count). The third-order valence-electron chi connectivity index (χ3n) is 4.69. The fourth-order valence-corrected chi connectivity index (χ4v) is 3.87. The van der Waals surface area contributed by atoms with E-state index < -0.39 is 10.8 Å². The largest absolute Gasteiger partial charge is 0.494 e. The van der Waals surface area contributed by atoms with Gasteiger partial charge in [-0.15, -0.1) is 10.2 Å². The molecule has 0 unspecified atom stereocenters. The van der Waals surface area contributed by atoms with Gasteiger partial charge in [-0.05, 0) is 31.2 Å². The number of hydrogen-bond donors (Lipinski definition) is 1. The van der Waals surface area contributed by atoms with Crippen LogP contribution < -0.4 is 10.1 Å². The molecule has 0 atom stereocenters. The minimum atomic E-state index is -0.687. The van der Waals surface area contributed by atoms with Crippen molar-refractivity contribution in [3.63, 3.8) is 0 Å². The highest BCUT2D eigenvalue weighted by atomic mass is 32.1. The van der Waals surface area contributed by atoms with Crippen molar-refractivity contribution in [1.29, 1.82) is 5.26 Å². The molecule has 10 nitrogen and oxygen atoms in total. The van der Waals surface area contributed by atoms with E-state index in [2.05, 4.69) is 15.5 Å². The Balaban J connectivity index is 1.54. The number of nitro benzene ring substituents is 1. The van der Waals surface area contributed by atoms with Crippen LogP contribution in [0.15, 0.2) is 70.7 Å². The number of nitrogens with zero attached hydrogens (tertiary/aromatic N) is 4. The van der Waals surface area contributed by atoms with E-state index in [1.54, 1.807) is 13.0 Å². The highest BCUT2D eigenvalue weighted by Gasteiger charge is 2.20. The maximum absolute atomic E-state index is 12.6. The average molecular weight is 487 g/mol. The number of benzene rings is 2. The summed E-state index contributed by atoms with van der Waals surface area (Å²) in [4.78, 5) is 23.6. The van der Waals surface area contributed by atoms with Crippen molar-refractivity contribution in [1.82, 2.24) is 10.2 Å². The summed E-state index contributed by atoms with van der Waals surface area (Å²) >= 11 is 1.17. The van der Waals surface area contributed by atoms with E-state index in [9.17, 15) is 20.2 Å². The summed E-state index contributed by atoms with van der Waals surface area (Å²) in [5, 5.41) is 32.4. The van der Waals surface area contributed by atoms with Gasteiger partial charge in [-0.3, -0.25) is 20.2 Å². The van der Waals surface area contributed by atoms with Crippen molar-refractivity contribution in [3.8, 4) is 33.7 Å². The number of nitro groups is 1. The zero-order valence-electron chi connectivity index (χ0n) is 18.3.